The maximum Gasteiger partial charge on any atom is 0.340 e. The molecule has 134 valence electrons. The molecule has 0 fully saturated rings. The number of aromatic nitrogens is 5. The fourth-order valence-electron chi connectivity index (χ4n) is 2.90. The van der Waals surface area contributed by atoms with Crippen LogP contribution in [0.25, 0.3) is 22.2 Å². The van der Waals surface area contributed by atoms with Crippen LogP contribution in [0.2, 0.25) is 0 Å². The van der Waals surface area contributed by atoms with Crippen LogP contribution in [0, 0.1) is 0 Å². The Morgan fingerprint density at radius 3 is 2.78 bits per heavy atom. The molecule has 8 nitrogen and oxygen atoms in total. The second-order valence-electron chi connectivity index (χ2n) is 6.10. The summed E-state index contributed by atoms with van der Waals surface area (Å²) in [5.74, 6) is 0.198. The van der Waals surface area contributed by atoms with Crippen molar-refractivity contribution in [1.82, 2.24) is 30.0 Å². The van der Waals surface area contributed by atoms with Crippen LogP contribution in [0.4, 0.5) is 0 Å². The van der Waals surface area contributed by atoms with Crippen molar-refractivity contribution in [3.8, 4) is 11.3 Å². The van der Waals surface area contributed by atoms with Crippen molar-refractivity contribution in [2.75, 3.05) is 7.05 Å². The Balaban J connectivity index is 1.77. The van der Waals surface area contributed by atoms with Gasteiger partial charge in [0, 0.05) is 30.4 Å². The van der Waals surface area contributed by atoms with E-state index in [1.54, 1.807) is 25.5 Å². The molecule has 3 aromatic heterocycles. The van der Waals surface area contributed by atoms with Gasteiger partial charge in [-0.1, -0.05) is 18.2 Å². The molecule has 0 aliphatic heterocycles. The summed E-state index contributed by atoms with van der Waals surface area (Å²) >= 11 is 0. The minimum absolute atomic E-state index is 0.177. The molecule has 0 aliphatic carbocycles. The minimum Gasteiger partial charge on any atom is -0.334 e. The van der Waals surface area contributed by atoms with Gasteiger partial charge in [0.25, 0.3) is 5.91 Å². The van der Waals surface area contributed by atoms with E-state index in [-0.39, 0.29) is 12.5 Å². The van der Waals surface area contributed by atoms with Crippen molar-refractivity contribution in [2.45, 2.75) is 6.54 Å². The Morgan fingerprint density at radius 2 is 2.04 bits per heavy atom. The van der Waals surface area contributed by atoms with Crippen molar-refractivity contribution in [1.29, 1.82) is 0 Å². The van der Waals surface area contributed by atoms with Crippen molar-refractivity contribution >= 4 is 16.8 Å². The Hall–Kier alpha value is -3.81. The lowest BCUT2D eigenvalue weighted by Gasteiger charge is -2.17. The van der Waals surface area contributed by atoms with Gasteiger partial charge >= 0.3 is 5.69 Å². The number of pyridine rings is 2. The summed E-state index contributed by atoms with van der Waals surface area (Å²) in [6.07, 6.45) is 3.40. The van der Waals surface area contributed by atoms with E-state index in [4.69, 9.17) is 0 Å². The highest BCUT2D eigenvalue weighted by molar-refractivity contribution is 6.07. The van der Waals surface area contributed by atoms with Gasteiger partial charge < -0.3 is 4.90 Å². The highest BCUT2D eigenvalue weighted by Gasteiger charge is 2.18. The molecule has 3 heterocycles. The highest BCUT2D eigenvalue weighted by Crippen LogP contribution is 2.25. The normalized spacial score (nSPS) is 10.9. The molecule has 4 aromatic rings. The summed E-state index contributed by atoms with van der Waals surface area (Å²) in [5.41, 5.74) is 2.35. The van der Waals surface area contributed by atoms with E-state index in [9.17, 15) is 9.59 Å². The SMILES string of the molecule is CN(Cc1n[nH]c(=O)[nH]1)C(=O)c1cc(-c2cccnc2)nc2ccccc12. The molecule has 2 N–H and O–H groups in total. The predicted molar refractivity (Wildman–Crippen MR) is 100.0 cm³/mol. The van der Waals surface area contributed by atoms with Gasteiger partial charge in [0.2, 0.25) is 0 Å². The monoisotopic (exact) mass is 360 g/mol. The molecule has 1 amide bonds. The fraction of sp³-hybridized carbons (Fsp3) is 0.105. The number of fused-ring (bicyclic) bond motifs is 1. The molecule has 8 heteroatoms. The highest BCUT2D eigenvalue weighted by atomic mass is 16.2. The van der Waals surface area contributed by atoms with Crippen LogP contribution in [0.1, 0.15) is 16.2 Å². The first-order valence-corrected chi connectivity index (χ1v) is 8.31. The van der Waals surface area contributed by atoms with Gasteiger partial charge in [-0.05, 0) is 24.3 Å². The van der Waals surface area contributed by atoms with Gasteiger partial charge in [-0.2, -0.15) is 5.10 Å². The molecular formula is C19H16N6O2. The molecule has 0 saturated heterocycles. The number of hydrogen-bond acceptors (Lipinski definition) is 5. The van der Waals surface area contributed by atoms with E-state index in [0.717, 1.165) is 16.5 Å². The summed E-state index contributed by atoms with van der Waals surface area (Å²) < 4.78 is 0. The Kier molecular flexibility index (Phi) is 4.21. The van der Waals surface area contributed by atoms with E-state index >= 15 is 0 Å². The molecule has 27 heavy (non-hydrogen) atoms. The lowest BCUT2D eigenvalue weighted by Crippen LogP contribution is -2.27. The van der Waals surface area contributed by atoms with Gasteiger partial charge in [-0.15, -0.1) is 0 Å². The van der Waals surface area contributed by atoms with Crippen LogP contribution in [0.5, 0.6) is 0 Å². The zero-order chi connectivity index (χ0) is 18.8. The molecule has 0 unspecified atom stereocenters. The number of nitrogens with one attached hydrogen (secondary N) is 2. The zero-order valence-electron chi connectivity index (χ0n) is 14.5. The largest absolute Gasteiger partial charge is 0.340 e. The van der Waals surface area contributed by atoms with Gasteiger partial charge in [0.05, 0.1) is 23.3 Å². The van der Waals surface area contributed by atoms with Crippen LogP contribution in [0.15, 0.2) is 59.7 Å². The first-order valence-electron chi connectivity index (χ1n) is 8.31. The average Bonchev–Trinajstić information content (AvgIpc) is 3.11. The number of carbonyl (C=O) groups excluding carboxylic acids is 1. The van der Waals surface area contributed by atoms with Crippen LogP contribution >= 0.6 is 0 Å². The lowest BCUT2D eigenvalue weighted by molar-refractivity contribution is 0.0783. The molecule has 0 aliphatic rings. The quantitative estimate of drug-likeness (QED) is 0.579. The van der Waals surface area contributed by atoms with Gasteiger partial charge in [0.1, 0.15) is 0 Å². The smallest absolute Gasteiger partial charge is 0.334 e. The number of hydrogen-bond donors (Lipinski definition) is 2. The van der Waals surface area contributed by atoms with Crippen molar-refractivity contribution in [2.24, 2.45) is 0 Å². The van der Waals surface area contributed by atoms with Crippen molar-refractivity contribution in [3.63, 3.8) is 0 Å². The standard InChI is InChI=1S/C19H16N6O2/c1-25(11-17-22-19(27)24-23-17)18(26)14-9-16(12-5-4-8-20-10-12)21-15-7-3-2-6-13(14)15/h2-10H,11H2,1H3,(H2,22,23,24,27). The predicted octanol–water partition coefficient (Wildman–Crippen LogP) is 1.98. The molecule has 0 saturated carbocycles. The minimum atomic E-state index is -0.404. The number of benzene rings is 1. The molecule has 0 atom stereocenters. The molecule has 4 rings (SSSR count). The number of nitrogens with zero attached hydrogens (tertiary/aromatic N) is 4. The maximum atomic E-state index is 13.1. The fourth-order valence-corrected chi connectivity index (χ4v) is 2.90. The van der Waals surface area contributed by atoms with Crippen molar-refractivity contribution < 1.29 is 4.79 Å². The molecule has 1 aromatic carbocycles. The van der Waals surface area contributed by atoms with Crippen LogP contribution in [0.3, 0.4) is 0 Å². The second kappa shape index (κ2) is 6.83. The van der Waals surface area contributed by atoms with E-state index in [1.807, 2.05) is 36.4 Å². The molecule has 0 radical (unpaired) electrons. The maximum absolute atomic E-state index is 13.1. The summed E-state index contributed by atoms with van der Waals surface area (Å²) in [5, 5.41) is 6.91. The third kappa shape index (κ3) is 3.32. The molecule has 0 spiro atoms. The van der Waals surface area contributed by atoms with Crippen molar-refractivity contribution in [3.05, 3.63) is 76.7 Å². The first-order chi connectivity index (χ1) is 13.1. The van der Waals surface area contributed by atoms with Gasteiger partial charge in [0.15, 0.2) is 5.82 Å². The first kappa shape index (κ1) is 16.6. The topological polar surface area (TPSA) is 108 Å². The van der Waals surface area contributed by atoms with Crippen LogP contribution in [-0.2, 0) is 6.54 Å². The average molecular weight is 360 g/mol. The van der Waals surface area contributed by atoms with Crippen LogP contribution in [-0.4, -0.2) is 43.0 Å². The Labute approximate surface area is 153 Å². The van der Waals surface area contributed by atoms with E-state index < -0.39 is 5.69 Å². The van der Waals surface area contributed by atoms with Gasteiger partial charge in [-0.3, -0.25) is 14.8 Å². The third-order valence-electron chi connectivity index (χ3n) is 4.19. The Morgan fingerprint density at radius 1 is 1.19 bits per heavy atom. The summed E-state index contributed by atoms with van der Waals surface area (Å²) in [6.45, 7) is 0.177. The summed E-state index contributed by atoms with van der Waals surface area (Å²) in [4.78, 5) is 37.1. The molecular weight excluding hydrogens is 344 g/mol. The summed E-state index contributed by atoms with van der Waals surface area (Å²) in [7, 11) is 1.66. The Bertz CT molecular complexity index is 1170. The van der Waals surface area contributed by atoms with E-state index in [1.165, 1.54) is 4.90 Å². The molecule has 0 bridgehead atoms. The third-order valence-corrected chi connectivity index (χ3v) is 4.19. The van der Waals surface area contributed by atoms with E-state index in [0.29, 0.717) is 17.1 Å². The van der Waals surface area contributed by atoms with Crippen LogP contribution < -0.4 is 5.69 Å². The lowest BCUT2D eigenvalue weighted by atomic mass is 10.0. The zero-order valence-corrected chi connectivity index (χ0v) is 14.5. The number of carbonyl (C=O) groups is 1. The number of H-pyrrole nitrogens is 2. The van der Waals surface area contributed by atoms with E-state index in [2.05, 4.69) is 25.1 Å². The van der Waals surface area contributed by atoms with Gasteiger partial charge in [-0.25, -0.2) is 14.9 Å². The number of rotatable bonds is 4. The second-order valence-corrected chi connectivity index (χ2v) is 6.10. The number of para-hydroxylation sites is 1. The summed E-state index contributed by atoms with van der Waals surface area (Å²) in [6, 6.07) is 13.0. The number of aromatic amines is 2. The number of amides is 1.